The maximum absolute atomic E-state index is 12.7. The Bertz CT molecular complexity index is 693. The van der Waals surface area contributed by atoms with E-state index in [1.165, 1.54) is 0 Å². The van der Waals surface area contributed by atoms with Crippen molar-refractivity contribution in [2.75, 3.05) is 20.0 Å². The maximum Gasteiger partial charge on any atom is 0.195 e. The Labute approximate surface area is 124 Å². The van der Waals surface area contributed by atoms with Crippen molar-refractivity contribution in [1.82, 2.24) is 0 Å². The molecule has 2 aromatic rings. The Morgan fingerprint density at radius 3 is 2.19 bits per heavy atom. The van der Waals surface area contributed by atoms with Gasteiger partial charge < -0.3 is 15.2 Å². The average molecular weight is 285 g/mol. The van der Waals surface area contributed by atoms with Gasteiger partial charge in [0.25, 0.3) is 0 Å². The van der Waals surface area contributed by atoms with Crippen LogP contribution < -0.4 is 15.2 Å². The Morgan fingerprint density at radius 1 is 0.952 bits per heavy atom. The molecule has 0 bridgehead atoms. The Balaban J connectivity index is 2.56. The van der Waals surface area contributed by atoms with E-state index in [0.717, 1.165) is 11.1 Å². The topological polar surface area (TPSA) is 61.5 Å². The first-order valence-corrected chi connectivity index (χ1v) is 6.62. The van der Waals surface area contributed by atoms with E-state index in [-0.39, 0.29) is 5.78 Å². The van der Waals surface area contributed by atoms with Crippen LogP contribution >= 0.6 is 0 Å². The van der Waals surface area contributed by atoms with Crippen molar-refractivity contribution in [3.8, 4) is 11.5 Å². The molecule has 0 aliphatic heterocycles. The van der Waals surface area contributed by atoms with Crippen molar-refractivity contribution in [3.05, 3.63) is 52.6 Å². The quantitative estimate of drug-likeness (QED) is 0.692. The predicted octanol–water partition coefficient (Wildman–Crippen LogP) is 3.13. The third kappa shape index (κ3) is 2.70. The molecule has 2 N–H and O–H groups in total. The highest BCUT2D eigenvalue weighted by molar-refractivity contribution is 6.13. The van der Waals surface area contributed by atoms with Crippen molar-refractivity contribution in [2.24, 2.45) is 0 Å². The molecule has 4 heteroatoms. The zero-order valence-corrected chi connectivity index (χ0v) is 12.7. The molecule has 0 unspecified atom stereocenters. The molecule has 0 aromatic heterocycles. The summed E-state index contributed by atoms with van der Waals surface area (Å²) in [6.45, 7) is 3.74. The van der Waals surface area contributed by atoms with Gasteiger partial charge >= 0.3 is 0 Å². The molecular formula is C17H19NO3. The third-order valence-corrected chi connectivity index (χ3v) is 3.54. The number of benzene rings is 2. The molecule has 0 fully saturated rings. The Hall–Kier alpha value is -2.49. The molecule has 0 heterocycles. The molecule has 0 saturated heterocycles. The molecule has 110 valence electrons. The molecule has 2 rings (SSSR count). The second kappa shape index (κ2) is 5.87. The third-order valence-electron chi connectivity index (χ3n) is 3.54. The van der Waals surface area contributed by atoms with Crippen molar-refractivity contribution in [3.63, 3.8) is 0 Å². The number of hydrogen-bond acceptors (Lipinski definition) is 4. The fourth-order valence-corrected chi connectivity index (χ4v) is 2.25. The highest BCUT2D eigenvalue weighted by Gasteiger charge is 2.18. The smallest absolute Gasteiger partial charge is 0.195 e. The fourth-order valence-electron chi connectivity index (χ4n) is 2.25. The lowest BCUT2D eigenvalue weighted by atomic mass is 9.96. The van der Waals surface area contributed by atoms with Crippen LogP contribution in [0.4, 0.5) is 5.69 Å². The summed E-state index contributed by atoms with van der Waals surface area (Å²) in [5.41, 5.74) is 9.30. The predicted molar refractivity (Wildman–Crippen MR) is 83.3 cm³/mol. The molecule has 0 amide bonds. The normalized spacial score (nSPS) is 10.3. The van der Waals surface area contributed by atoms with E-state index in [4.69, 9.17) is 15.2 Å². The fraction of sp³-hybridized carbons (Fsp3) is 0.235. The lowest BCUT2D eigenvalue weighted by Gasteiger charge is -2.13. The van der Waals surface area contributed by atoms with E-state index in [2.05, 4.69) is 0 Å². The molecular weight excluding hydrogens is 266 g/mol. The lowest BCUT2D eigenvalue weighted by Crippen LogP contribution is -2.09. The number of para-hydroxylation sites is 1. The van der Waals surface area contributed by atoms with Crippen LogP contribution in [0.5, 0.6) is 11.5 Å². The van der Waals surface area contributed by atoms with Crippen molar-refractivity contribution in [1.29, 1.82) is 0 Å². The van der Waals surface area contributed by atoms with Crippen LogP contribution in [-0.2, 0) is 0 Å². The van der Waals surface area contributed by atoms with Gasteiger partial charge in [-0.3, -0.25) is 4.79 Å². The van der Waals surface area contributed by atoms with Gasteiger partial charge in [0, 0.05) is 16.8 Å². The SMILES string of the molecule is COc1cc(C)c(C(=O)c2cccc(C)c2N)cc1OC. The van der Waals surface area contributed by atoms with Gasteiger partial charge in [-0.2, -0.15) is 0 Å². The van der Waals surface area contributed by atoms with Crippen LogP contribution in [-0.4, -0.2) is 20.0 Å². The van der Waals surface area contributed by atoms with E-state index in [0.29, 0.717) is 28.3 Å². The van der Waals surface area contributed by atoms with E-state index >= 15 is 0 Å². The first-order chi connectivity index (χ1) is 9.99. The van der Waals surface area contributed by atoms with Crippen molar-refractivity contribution in [2.45, 2.75) is 13.8 Å². The van der Waals surface area contributed by atoms with Crippen molar-refractivity contribution >= 4 is 11.5 Å². The van der Waals surface area contributed by atoms with Crippen LogP contribution in [0.2, 0.25) is 0 Å². The Morgan fingerprint density at radius 2 is 1.57 bits per heavy atom. The first-order valence-electron chi connectivity index (χ1n) is 6.62. The molecule has 0 aliphatic carbocycles. The summed E-state index contributed by atoms with van der Waals surface area (Å²) < 4.78 is 10.5. The summed E-state index contributed by atoms with van der Waals surface area (Å²) in [4.78, 5) is 12.7. The van der Waals surface area contributed by atoms with Gasteiger partial charge in [-0.15, -0.1) is 0 Å². The number of ether oxygens (including phenoxy) is 2. The number of rotatable bonds is 4. The summed E-state index contributed by atoms with van der Waals surface area (Å²) >= 11 is 0. The van der Waals surface area contributed by atoms with Gasteiger partial charge in [-0.25, -0.2) is 0 Å². The van der Waals surface area contributed by atoms with Crippen molar-refractivity contribution < 1.29 is 14.3 Å². The van der Waals surface area contributed by atoms with E-state index in [1.54, 1.807) is 32.4 Å². The first kappa shape index (κ1) is 14.9. The number of ketones is 1. The lowest BCUT2D eigenvalue weighted by molar-refractivity contribution is 0.103. The number of aryl methyl sites for hydroxylation is 2. The zero-order chi connectivity index (χ0) is 15.6. The summed E-state index contributed by atoms with van der Waals surface area (Å²) in [5.74, 6) is 1.01. The maximum atomic E-state index is 12.7. The highest BCUT2D eigenvalue weighted by atomic mass is 16.5. The van der Waals surface area contributed by atoms with Gasteiger partial charge in [0.15, 0.2) is 17.3 Å². The van der Waals surface area contributed by atoms with Crippen LogP contribution in [0, 0.1) is 13.8 Å². The summed E-state index contributed by atoms with van der Waals surface area (Å²) in [6.07, 6.45) is 0. The van der Waals surface area contributed by atoms with E-state index in [1.807, 2.05) is 26.0 Å². The molecule has 4 nitrogen and oxygen atoms in total. The second-order valence-corrected chi connectivity index (χ2v) is 4.89. The monoisotopic (exact) mass is 285 g/mol. The highest BCUT2D eigenvalue weighted by Crippen LogP contribution is 2.32. The number of methoxy groups -OCH3 is 2. The molecule has 0 atom stereocenters. The Kier molecular flexibility index (Phi) is 4.17. The number of nitrogens with two attached hydrogens (primary N) is 1. The summed E-state index contributed by atoms with van der Waals surface area (Å²) in [5, 5.41) is 0. The molecule has 0 aliphatic rings. The largest absolute Gasteiger partial charge is 0.493 e. The van der Waals surface area contributed by atoms with Gasteiger partial charge in [-0.05, 0) is 43.2 Å². The minimum absolute atomic E-state index is 0.116. The number of carbonyl (C=O) groups is 1. The minimum Gasteiger partial charge on any atom is -0.493 e. The molecule has 21 heavy (non-hydrogen) atoms. The van der Waals surface area contributed by atoms with Crippen LogP contribution in [0.3, 0.4) is 0 Å². The number of hydrogen-bond donors (Lipinski definition) is 1. The number of carbonyl (C=O) groups excluding carboxylic acids is 1. The molecule has 2 aromatic carbocycles. The van der Waals surface area contributed by atoms with Crippen LogP contribution in [0.1, 0.15) is 27.0 Å². The summed E-state index contributed by atoms with van der Waals surface area (Å²) in [6, 6.07) is 8.93. The van der Waals surface area contributed by atoms with Gasteiger partial charge in [0.1, 0.15) is 0 Å². The summed E-state index contributed by atoms with van der Waals surface area (Å²) in [7, 11) is 3.11. The van der Waals surface area contributed by atoms with Crippen LogP contribution in [0.15, 0.2) is 30.3 Å². The molecule has 0 spiro atoms. The standard InChI is InChI=1S/C17H19NO3/c1-10-6-5-7-12(16(10)18)17(19)13-9-15(21-4)14(20-3)8-11(13)2/h5-9H,18H2,1-4H3. The van der Waals surface area contributed by atoms with E-state index in [9.17, 15) is 4.79 Å². The second-order valence-electron chi connectivity index (χ2n) is 4.89. The zero-order valence-electron chi connectivity index (χ0n) is 12.7. The number of anilines is 1. The molecule has 0 saturated carbocycles. The van der Waals surface area contributed by atoms with E-state index < -0.39 is 0 Å². The average Bonchev–Trinajstić information content (AvgIpc) is 2.49. The van der Waals surface area contributed by atoms with Gasteiger partial charge in [0.2, 0.25) is 0 Å². The van der Waals surface area contributed by atoms with Gasteiger partial charge in [0.05, 0.1) is 14.2 Å². The number of nitrogen functional groups attached to an aromatic ring is 1. The van der Waals surface area contributed by atoms with Crippen LogP contribution in [0.25, 0.3) is 0 Å². The molecule has 0 radical (unpaired) electrons. The minimum atomic E-state index is -0.116. The van der Waals surface area contributed by atoms with Gasteiger partial charge in [-0.1, -0.05) is 12.1 Å².